The quantitative estimate of drug-likeness (QED) is 0.579. The Kier molecular flexibility index (Phi) is 1.77. The molecule has 1 aromatic carbocycles. The number of aryl methyl sites for hydroxylation is 1. The van der Waals surface area contributed by atoms with Gasteiger partial charge in [0.15, 0.2) is 0 Å². The third-order valence-corrected chi connectivity index (χ3v) is 2.78. The van der Waals surface area contributed by atoms with Gasteiger partial charge in [-0.25, -0.2) is 0 Å². The average molecular weight is 212 g/mol. The van der Waals surface area contributed by atoms with E-state index >= 15 is 0 Å². The zero-order valence-electron chi connectivity index (χ0n) is 8.91. The fourth-order valence-corrected chi connectivity index (χ4v) is 1.96. The van der Waals surface area contributed by atoms with Crippen LogP contribution in [0.25, 0.3) is 22.2 Å². The lowest BCUT2D eigenvalue weighted by Gasteiger charge is -1.98. The number of H-pyrrole nitrogens is 2. The second kappa shape index (κ2) is 3.13. The molecule has 0 atom stereocenters. The summed E-state index contributed by atoms with van der Waals surface area (Å²) in [6.07, 6.45) is 3.58. The van der Waals surface area contributed by atoms with Crippen molar-refractivity contribution in [1.82, 2.24) is 15.2 Å². The maximum Gasteiger partial charge on any atom is 0.0901 e. The molecule has 0 saturated heterocycles. The summed E-state index contributed by atoms with van der Waals surface area (Å²) in [5, 5.41) is 8.01. The fourth-order valence-electron chi connectivity index (χ4n) is 1.96. The smallest absolute Gasteiger partial charge is 0.0901 e. The Morgan fingerprint density at radius 3 is 2.94 bits per heavy atom. The molecule has 16 heavy (non-hydrogen) atoms. The summed E-state index contributed by atoms with van der Waals surface area (Å²) in [6, 6.07) is 6.30. The van der Waals surface area contributed by atoms with Crippen LogP contribution >= 0.6 is 0 Å². The molecule has 2 heterocycles. The number of nitrogen functional groups attached to an aromatic ring is 1. The number of nitrogens with one attached hydrogen (secondary N) is 2. The zero-order valence-corrected chi connectivity index (χ0v) is 8.91. The standard InChI is InChI=1S/C12H12N4/c1-7-2-3-8-9(5-14-11(8)4-7)12-10(13)6-15-16-12/h2-6,14H,13H2,1H3,(H,15,16). The molecule has 80 valence electrons. The van der Waals surface area contributed by atoms with Gasteiger partial charge in [-0.3, -0.25) is 5.10 Å². The summed E-state index contributed by atoms with van der Waals surface area (Å²) in [7, 11) is 0. The second-order valence-corrected chi connectivity index (χ2v) is 3.95. The van der Waals surface area contributed by atoms with E-state index in [-0.39, 0.29) is 0 Å². The molecule has 2 aromatic heterocycles. The van der Waals surface area contributed by atoms with Crippen molar-refractivity contribution in [2.75, 3.05) is 5.73 Å². The Balaban J connectivity index is 2.30. The van der Waals surface area contributed by atoms with Crippen LogP contribution in [0.5, 0.6) is 0 Å². The molecule has 0 aliphatic carbocycles. The lowest BCUT2D eigenvalue weighted by molar-refractivity contribution is 1.10. The number of aromatic amines is 2. The topological polar surface area (TPSA) is 70.5 Å². The summed E-state index contributed by atoms with van der Waals surface area (Å²) in [5.41, 5.74) is 10.8. The summed E-state index contributed by atoms with van der Waals surface area (Å²) >= 11 is 0. The van der Waals surface area contributed by atoms with Gasteiger partial charge in [0.2, 0.25) is 0 Å². The van der Waals surface area contributed by atoms with Gasteiger partial charge in [0.25, 0.3) is 0 Å². The van der Waals surface area contributed by atoms with Crippen LogP contribution in [0.2, 0.25) is 0 Å². The average Bonchev–Trinajstić information content (AvgIpc) is 2.83. The maximum absolute atomic E-state index is 5.85. The number of nitrogens with two attached hydrogens (primary N) is 1. The van der Waals surface area contributed by atoms with E-state index in [9.17, 15) is 0 Å². The van der Waals surface area contributed by atoms with Gasteiger partial charge in [-0.05, 0) is 18.6 Å². The van der Waals surface area contributed by atoms with Crippen LogP contribution in [-0.2, 0) is 0 Å². The highest BCUT2D eigenvalue weighted by atomic mass is 15.1. The minimum atomic E-state index is 0.668. The maximum atomic E-state index is 5.85. The highest BCUT2D eigenvalue weighted by Crippen LogP contribution is 2.30. The lowest BCUT2D eigenvalue weighted by atomic mass is 10.1. The number of aromatic nitrogens is 3. The number of anilines is 1. The van der Waals surface area contributed by atoms with Gasteiger partial charge < -0.3 is 10.7 Å². The normalized spacial score (nSPS) is 11.1. The van der Waals surface area contributed by atoms with Crippen molar-refractivity contribution in [3.05, 3.63) is 36.2 Å². The number of rotatable bonds is 1. The van der Waals surface area contributed by atoms with Crippen LogP contribution in [0.15, 0.2) is 30.6 Å². The van der Waals surface area contributed by atoms with Crippen molar-refractivity contribution < 1.29 is 0 Å². The van der Waals surface area contributed by atoms with Crippen molar-refractivity contribution in [3.63, 3.8) is 0 Å². The largest absolute Gasteiger partial charge is 0.396 e. The molecule has 0 aliphatic heterocycles. The number of nitrogens with zero attached hydrogens (tertiary/aromatic N) is 1. The van der Waals surface area contributed by atoms with Gasteiger partial charge in [0.05, 0.1) is 17.6 Å². The zero-order chi connectivity index (χ0) is 11.1. The Morgan fingerprint density at radius 2 is 2.19 bits per heavy atom. The van der Waals surface area contributed by atoms with Crippen LogP contribution in [-0.4, -0.2) is 15.2 Å². The molecule has 0 spiro atoms. The number of hydrogen-bond acceptors (Lipinski definition) is 2. The van der Waals surface area contributed by atoms with Gasteiger partial charge in [0, 0.05) is 22.7 Å². The van der Waals surface area contributed by atoms with E-state index < -0.39 is 0 Å². The highest BCUT2D eigenvalue weighted by Gasteiger charge is 2.10. The summed E-state index contributed by atoms with van der Waals surface area (Å²) in [6.45, 7) is 2.07. The number of fused-ring (bicyclic) bond motifs is 1. The van der Waals surface area contributed by atoms with Crippen molar-refractivity contribution >= 4 is 16.6 Å². The van der Waals surface area contributed by atoms with Crippen molar-refractivity contribution in [1.29, 1.82) is 0 Å². The third kappa shape index (κ3) is 1.20. The molecule has 3 rings (SSSR count). The Labute approximate surface area is 92.5 Å². The summed E-state index contributed by atoms with van der Waals surface area (Å²) in [4.78, 5) is 3.24. The molecule has 0 aliphatic rings. The van der Waals surface area contributed by atoms with Crippen LogP contribution in [0, 0.1) is 6.92 Å². The Hall–Kier alpha value is -2.23. The van der Waals surface area contributed by atoms with E-state index in [0.29, 0.717) is 5.69 Å². The fraction of sp³-hybridized carbons (Fsp3) is 0.0833. The van der Waals surface area contributed by atoms with Gasteiger partial charge in [-0.1, -0.05) is 12.1 Å². The molecule has 0 unspecified atom stereocenters. The predicted molar refractivity (Wildman–Crippen MR) is 65.0 cm³/mol. The Morgan fingerprint density at radius 1 is 1.31 bits per heavy atom. The molecule has 0 radical (unpaired) electrons. The minimum absolute atomic E-state index is 0.668. The monoisotopic (exact) mass is 212 g/mol. The molecule has 4 nitrogen and oxygen atoms in total. The number of benzene rings is 1. The Bertz CT molecular complexity index is 648. The molecular formula is C12H12N4. The second-order valence-electron chi connectivity index (χ2n) is 3.95. The first-order valence-electron chi connectivity index (χ1n) is 5.12. The van der Waals surface area contributed by atoms with Crippen molar-refractivity contribution in [3.8, 4) is 11.3 Å². The van der Waals surface area contributed by atoms with E-state index in [0.717, 1.165) is 22.2 Å². The molecule has 0 fully saturated rings. The number of hydrogen-bond donors (Lipinski definition) is 3. The first-order valence-corrected chi connectivity index (χ1v) is 5.12. The molecule has 4 N–H and O–H groups in total. The van der Waals surface area contributed by atoms with Gasteiger partial charge in [0.1, 0.15) is 0 Å². The van der Waals surface area contributed by atoms with E-state index in [1.54, 1.807) is 6.20 Å². The minimum Gasteiger partial charge on any atom is -0.396 e. The molecule has 0 bridgehead atoms. The van der Waals surface area contributed by atoms with Gasteiger partial charge >= 0.3 is 0 Å². The van der Waals surface area contributed by atoms with E-state index in [4.69, 9.17) is 5.73 Å². The van der Waals surface area contributed by atoms with E-state index in [2.05, 4.69) is 40.3 Å². The molecule has 3 aromatic rings. The SMILES string of the molecule is Cc1ccc2c(-c3[nH]ncc3N)c[nH]c2c1. The van der Waals surface area contributed by atoms with E-state index in [1.165, 1.54) is 5.56 Å². The van der Waals surface area contributed by atoms with Crippen LogP contribution < -0.4 is 5.73 Å². The third-order valence-electron chi connectivity index (χ3n) is 2.78. The lowest BCUT2D eigenvalue weighted by Crippen LogP contribution is -1.85. The predicted octanol–water partition coefficient (Wildman–Crippen LogP) is 2.45. The summed E-state index contributed by atoms with van der Waals surface area (Å²) in [5.74, 6) is 0. The van der Waals surface area contributed by atoms with Gasteiger partial charge in [-0.2, -0.15) is 5.10 Å². The van der Waals surface area contributed by atoms with E-state index in [1.807, 2.05) is 6.20 Å². The van der Waals surface area contributed by atoms with Crippen molar-refractivity contribution in [2.24, 2.45) is 0 Å². The van der Waals surface area contributed by atoms with Crippen LogP contribution in [0.4, 0.5) is 5.69 Å². The molecule has 0 amide bonds. The first kappa shape index (κ1) is 9.03. The molecular weight excluding hydrogens is 200 g/mol. The van der Waals surface area contributed by atoms with Crippen molar-refractivity contribution in [2.45, 2.75) is 6.92 Å². The first-order chi connectivity index (χ1) is 7.75. The summed E-state index contributed by atoms with van der Waals surface area (Å²) < 4.78 is 0. The highest BCUT2D eigenvalue weighted by molar-refractivity contribution is 5.97. The molecule has 0 saturated carbocycles. The van der Waals surface area contributed by atoms with Crippen LogP contribution in [0.1, 0.15) is 5.56 Å². The van der Waals surface area contributed by atoms with Crippen LogP contribution in [0.3, 0.4) is 0 Å². The molecule has 4 heteroatoms. The van der Waals surface area contributed by atoms with Gasteiger partial charge in [-0.15, -0.1) is 0 Å².